The monoisotopic (exact) mass is 385 g/mol. The summed E-state index contributed by atoms with van der Waals surface area (Å²) in [7, 11) is 0. The van der Waals surface area contributed by atoms with Crippen LogP contribution in [0.25, 0.3) is 0 Å². The Labute approximate surface area is 166 Å². The van der Waals surface area contributed by atoms with Gasteiger partial charge in [0, 0.05) is 24.6 Å². The molecular formula is C21H31N5O2. The summed E-state index contributed by atoms with van der Waals surface area (Å²) in [6.45, 7) is 5.58. The molecule has 1 saturated carbocycles. The van der Waals surface area contributed by atoms with E-state index in [2.05, 4.69) is 31.9 Å². The van der Waals surface area contributed by atoms with Crippen LogP contribution in [0.1, 0.15) is 85.6 Å². The lowest BCUT2D eigenvalue weighted by Crippen LogP contribution is -2.25. The molecule has 1 aliphatic carbocycles. The second-order valence-electron chi connectivity index (χ2n) is 8.02. The minimum Gasteiger partial charge on any atom is -0.456 e. The zero-order valence-electron chi connectivity index (χ0n) is 16.8. The van der Waals surface area contributed by atoms with Crippen molar-refractivity contribution in [1.29, 1.82) is 0 Å². The van der Waals surface area contributed by atoms with Gasteiger partial charge in [0.1, 0.15) is 12.1 Å². The molecule has 3 heterocycles. The smallest absolute Gasteiger partial charge is 0.287 e. The number of likely N-dealkylation sites (tertiary alicyclic amines) is 1. The van der Waals surface area contributed by atoms with Gasteiger partial charge in [-0.25, -0.2) is 0 Å². The average Bonchev–Trinajstić information content (AvgIpc) is 3.48. The molecule has 2 aromatic rings. The zero-order valence-corrected chi connectivity index (χ0v) is 16.8. The molecule has 2 aliphatic rings. The number of carbonyl (C=O) groups excluding carboxylic acids is 1. The minimum absolute atomic E-state index is 0.180. The molecule has 0 atom stereocenters. The van der Waals surface area contributed by atoms with Crippen molar-refractivity contribution in [1.82, 2.24) is 25.0 Å². The van der Waals surface area contributed by atoms with Crippen LogP contribution in [0, 0.1) is 0 Å². The third-order valence-corrected chi connectivity index (χ3v) is 6.06. The molecule has 152 valence electrons. The summed E-state index contributed by atoms with van der Waals surface area (Å²) >= 11 is 0. The highest BCUT2D eigenvalue weighted by atomic mass is 16.4. The van der Waals surface area contributed by atoms with Gasteiger partial charge in [0.05, 0.1) is 6.54 Å². The van der Waals surface area contributed by atoms with Crippen LogP contribution < -0.4 is 5.32 Å². The Morgan fingerprint density at radius 2 is 2.00 bits per heavy atom. The Morgan fingerprint density at radius 3 is 2.75 bits per heavy atom. The number of furan rings is 1. The molecule has 7 nitrogen and oxygen atoms in total. The quantitative estimate of drug-likeness (QED) is 0.790. The van der Waals surface area contributed by atoms with Gasteiger partial charge in [-0.3, -0.25) is 9.69 Å². The SMILES string of the molecule is CCc1oc(C(=O)NCc2nncn2C2CCCCC2)cc1CN1CCCC1. The van der Waals surface area contributed by atoms with Crippen LogP contribution >= 0.6 is 0 Å². The molecule has 0 radical (unpaired) electrons. The first-order valence-electron chi connectivity index (χ1n) is 10.7. The lowest BCUT2D eigenvalue weighted by molar-refractivity contribution is 0.0919. The summed E-state index contributed by atoms with van der Waals surface area (Å²) < 4.78 is 8.01. The molecule has 1 aliphatic heterocycles. The molecule has 1 saturated heterocycles. The number of amides is 1. The van der Waals surface area contributed by atoms with E-state index in [1.807, 2.05) is 6.07 Å². The van der Waals surface area contributed by atoms with Crippen molar-refractivity contribution < 1.29 is 9.21 Å². The van der Waals surface area contributed by atoms with Crippen molar-refractivity contribution in [3.8, 4) is 0 Å². The van der Waals surface area contributed by atoms with E-state index in [1.165, 1.54) is 32.1 Å². The predicted octanol–water partition coefficient (Wildman–Crippen LogP) is 3.46. The number of rotatable bonds is 7. The van der Waals surface area contributed by atoms with E-state index >= 15 is 0 Å². The molecule has 28 heavy (non-hydrogen) atoms. The van der Waals surface area contributed by atoms with Crippen LogP contribution in [0.5, 0.6) is 0 Å². The lowest BCUT2D eigenvalue weighted by atomic mass is 9.95. The van der Waals surface area contributed by atoms with E-state index in [4.69, 9.17) is 4.42 Å². The second-order valence-corrected chi connectivity index (χ2v) is 8.02. The second kappa shape index (κ2) is 8.90. The molecule has 0 bridgehead atoms. The van der Waals surface area contributed by atoms with Crippen molar-refractivity contribution in [3.05, 3.63) is 35.3 Å². The largest absolute Gasteiger partial charge is 0.456 e. The number of nitrogens with zero attached hydrogens (tertiary/aromatic N) is 4. The highest BCUT2D eigenvalue weighted by Crippen LogP contribution is 2.28. The van der Waals surface area contributed by atoms with Gasteiger partial charge in [-0.15, -0.1) is 10.2 Å². The van der Waals surface area contributed by atoms with Crippen LogP contribution in [0.2, 0.25) is 0 Å². The van der Waals surface area contributed by atoms with E-state index in [9.17, 15) is 4.79 Å². The van der Waals surface area contributed by atoms with Crippen LogP contribution in [-0.4, -0.2) is 38.7 Å². The third kappa shape index (κ3) is 4.29. The Hall–Kier alpha value is -2.15. The number of aromatic nitrogens is 3. The third-order valence-electron chi connectivity index (χ3n) is 6.06. The fourth-order valence-electron chi connectivity index (χ4n) is 4.50. The highest BCUT2D eigenvalue weighted by molar-refractivity contribution is 5.91. The van der Waals surface area contributed by atoms with Crippen molar-refractivity contribution in [3.63, 3.8) is 0 Å². The van der Waals surface area contributed by atoms with E-state index in [0.717, 1.165) is 56.0 Å². The van der Waals surface area contributed by atoms with Gasteiger partial charge in [0.2, 0.25) is 0 Å². The Bertz CT molecular complexity index is 785. The molecule has 0 aromatic carbocycles. The fraction of sp³-hybridized carbons (Fsp3) is 0.667. The molecule has 4 rings (SSSR count). The van der Waals surface area contributed by atoms with Crippen molar-refractivity contribution in [2.75, 3.05) is 13.1 Å². The van der Waals surface area contributed by atoms with E-state index < -0.39 is 0 Å². The fourth-order valence-corrected chi connectivity index (χ4v) is 4.50. The van der Waals surface area contributed by atoms with E-state index in [1.54, 1.807) is 6.33 Å². The van der Waals surface area contributed by atoms with Crippen LogP contribution in [0.15, 0.2) is 16.8 Å². The summed E-state index contributed by atoms with van der Waals surface area (Å²) in [5, 5.41) is 11.3. The normalized spacial score (nSPS) is 18.6. The molecule has 2 aromatic heterocycles. The molecule has 1 N–H and O–H groups in total. The standard InChI is InChI=1S/C21H31N5O2/c1-2-18-16(14-25-10-6-7-11-25)12-19(28-18)21(27)22-13-20-24-23-15-26(20)17-8-4-3-5-9-17/h12,15,17H,2-11,13-14H2,1H3,(H,22,27). The first-order chi connectivity index (χ1) is 13.7. The molecule has 0 spiro atoms. The van der Waals surface area contributed by atoms with Crippen molar-refractivity contribution >= 4 is 5.91 Å². The van der Waals surface area contributed by atoms with Crippen molar-refractivity contribution in [2.45, 2.75) is 77.4 Å². The summed E-state index contributed by atoms with van der Waals surface area (Å²) in [5.41, 5.74) is 1.14. The van der Waals surface area contributed by atoms with Gasteiger partial charge in [-0.2, -0.15) is 0 Å². The minimum atomic E-state index is -0.180. The van der Waals surface area contributed by atoms with E-state index in [-0.39, 0.29) is 5.91 Å². The highest BCUT2D eigenvalue weighted by Gasteiger charge is 2.21. The molecule has 0 unspecified atom stereocenters. The summed E-state index contributed by atoms with van der Waals surface area (Å²) in [6, 6.07) is 2.37. The maximum atomic E-state index is 12.7. The first-order valence-corrected chi connectivity index (χ1v) is 10.7. The lowest BCUT2D eigenvalue weighted by Gasteiger charge is -2.23. The van der Waals surface area contributed by atoms with Crippen LogP contribution in [0.4, 0.5) is 0 Å². The summed E-state index contributed by atoms with van der Waals surface area (Å²) in [6.07, 6.45) is 11.3. The molecular weight excluding hydrogens is 354 g/mol. The Kier molecular flexibility index (Phi) is 6.10. The van der Waals surface area contributed by atoms with Gasteiger partial charge in [0.25, 0.3) is 5.91 Å². The van der Waals surface area contributed by atoms with E-state index in [0.29, 0.717) is 18.3 Å². The number of aryl methyl sites for hydroxylation is 1. The maximum Gasteiger partial charge on any atom is 0.287 e. The van der Waals surface area contributed by atoms with Gasteiger partial charge in [-0.1, -0.05) is 26.2 Å². The molecule has 2 fully saturated rings. The summed E-state index contributed by atoms with van der Waals surface area (Å²) in [4.78, 5) is 15.1. The Morgan fingerprint density at radius 1 is 1.21 bits per heavy atom. The summed E-state index contributed by atoms with van der Waals surface area (Å²) in [5.74, 6) is 1.96. The van der Waals surface area contributed by atoms with Gasteiger partial charge in [0.15, 0.2) is 11.6 Å². The number of nitrogens with one attached hydrogen (secondary N) is 1. The van der Waals surface area contributed by atoms with Gasteiger partial charge < -0.3 is 14.3 Å². The first kappa shape index (κ1) is 19.2. The van der Waals surface area contributed by atoms with Crippen LogP contribution in [0.3, 0.4) is 0 Å². The Balaban J connectivity index is 1.39. The molecule has 1 amide bonds. The number of hydrogen-bond acceptors (Lipinski definition) is 5. The molecule has 7 heteroatoms. The average molecular weight is 386 g/mol. The van der Waals surface area contributed by atoms with Crippen LogP contribution in [-0.2, 0) is 19.5 Å². The number of hydrogen-bond donors (Lipinski definition) is 1. The predicted molar refractivity (Wildman–Crippen MR) is 106 cm³/mol. The number of carbonyl (C=O) groups is 1. The maximum absolute atomic E-state index is 12.7. The topological polar surface area (TPSA) is 76.2 Å². The van der Waals surface area contributed by atoms with Gasteiger partial charge >= 0.3 is 0 Å². The van der Waals surface area contributed by atoms with Gasteiger partial charge in [-0.05, 0) is 44.8 Å². The zero-order chi connectivity index (χ0) is 19.3. The van der Waals surface area contributed by atoms with Crippen molar-refractivity contribution in [2.24, 2.45) is 0 Å².